The topological polar surface area (TPSA) is 112 Å². The minimum Gasteiger partial charge on any atom is -0.454 e. The number of nitro groups is 1. The Hall–Kier alpha value is -4.25. The summed E-state index contributed by atoms with van der Waals surface area (Å²) in [6, 6.07) is 13.4. The summed E-state index contributed by atoms with van der Waals surface area (Å²) in [4.78, 5) is 28.9. The Morgan fingerprint density at radius 1 is 0.941 bits per heavy atom. The Bertz CT molecular complexity index is 1380. The second-order valence-corrected chi connectivity index (χ2v) is 8.18. The maximum atomic E-state index is 12.1. The van der Waals surface area contributed by atoms with Gasteiger partial charge >= 0.3 is 5.69 Å². The fourth-order valence-electron chi connectivity index (χ4n) is 4.47. The van der Waals surface area contributed by atoms with Crippen molar-refractivity contribution in [3.63, 3.8) is 0 Å². The van der Waals surface area contributed by atoms with Crippen LogP contribution in [0.4, 0.5) is 11.5 Å². The monoisotopic (exact) mass is 459 g/mol. The zero-order chi connectivity index (χ0) is 23.1. The summed E-state index contributed by atoms with van der Waals surface area (Å²) in [6.45, 7) is 3.76. The largest absolute Gasteiger partial charge is 0.454 e. The van der Waals surface area contributed by atoms with Crippen LogP contribution in [0.3, 0.4) is 0 Å². The summed E-state index contributed by atoms with van der Waals surface area (Å²) in [5, 5.41) is 12.1. The summed E-state index contributed by atoms with van der Waals surface area (Å²) < 4.78 is 12.5. The van der Waals surface area contributed by atoms with Gasteiger partial charge in [-0.3, -0.25) is 19.6 Å². The van der Waals surface area contributed by atoms with Crippen molar-refractivity contribution in [1.82, 2.24) is 24.4 Å². The van der Waals surface area contributed by atoms with E-state index in [0.29, 0.717) is 18.9 Å². The zero-order valence-electron chi connectivity index (χ0n) is 18.2. The first-order valence-corrected chi connectivity index (χ1v) is 10.9. The maximum absolute atomic E-state index is 12.1. The fourth-order valence-corrected chi connectivity index (χ4v) is 4.47. The van der Waals surface area contributed by atoms with Crippen molar-refractivity contribution >= 4 is 22.5 Å². The number of para-hydroxylation sites is 2. The molecule has 2 aliphatic rings. The van der Waals surface area contributed by atoms with Gasteiger partial charge in [-0.25, -0.2) is 15.0 Å². The van der Waals surface area contributed by atoms with Crippen LogP contribution in [0, 0.1) is 10.1 Å². The summed E-state index contributed by atoms with van der Waals surface area (Å²) >= 11 is 0. The minimum absolute atomic E-state index is 0.116. The summed E-state index contributed by atoms with van der Waals surface area (Å²) in [5.41, 5.74) is 2.52. The number of hydrogen-bond donors (Lipinski definition) is 0. The zero-order valence-corrected chi connectivity index (χ0v) is 18.2. The van der Waals surface area contributed by atoms with E-state index in [1.807, 2.05) is 47.4 Å². The molecule has 0 unspecified atom stereocenters. The average molecular weight is 459 g/mol. The Morgan fingerprint density at radius 3 is 2.59 bits per heavy atom. The van der Waals surface area contributed by atoms with Gasteiger partial charge < -0.3 is 14.4 Å². The molecule has 2 aliphatic heterocycles. The molecule has 11 nitrogen and oxygen atoms in total. The van der Waals surface area contributed by atoms with Crippen LogP contribution in [0.1, 0.15) is 5.56 Å². The van der Waals surface area contributed by atoms with E-state index in [2.05, 4.69) is 19.9 Å². The van der Waals surface area contributed by atoms with Crippen LogP contribution in [0.2, 0.25) is 0 Å². The van der Waals surface area contributed by atoms with E-state index in [1.165, 1.54) is 6.33 Å². The van der Waals surface area contributed by atoms with Crippen LogP contribution in [-0.2, 0) is 6.54 Å². The molecule has 172 valence electrons. The predicted molar refractivity (Wildman–Crippen MR) is 123 cm³/mol. The van der Waals surface area contributed by atoms with Crippen LogP contribution in [0.25, 0.3) is 16.9 Å². The Balaban J connectivity index is 1.23. The Morgan fingerprint density at radius 2 is 1.74 bits per heavy atom. The Kier molecular flexibility index (Phi) is 4.95. The van der Waals surface area contributed by atoms with Gasteiger partial charge in [0.15, 0.2) is 11.5 Å². The van der Waals surface area contributed by atoms with E-state index in [9.17, 15) is 10.1 Å². The van der Waals surface area contributed by atoms with Gasteiger partial charge in [0.25, 0.3) is 0 Å². The number of nitrogens with zero attached hydrogens (tertiary/aromatic N) is 7. The number of piperazine rings is 1. The summed E-state index contributed by atoms with van der Waals surface area (Å²) in [6.07, 6.45) is 2.94. The first-order chi connectivity index (χ1) is 16.7. The number of aromatic nitrogens is 4. The molecular formula is C23H21N7O4. The molecule has 4 heterocycles. The van der Waals surface area contributed by atoms with Crippen molar-refractivity contribution < 1.29 is 14.4 Å². The normalized spacial score (nSPS) is 15.7. The van der Waals surface area contributed by atoms with Crippen molar-refractivity contribution in [1.29, 1.82) is 0 Å². The van der Waals surface area contributed by atoms with Crippen LogP contribution >= 0.6 is 0 Å². The van der Waals surface area contributed by atoms with Crippen LogP contribution < -0.4 is 14.4 Å². The number of hydrogen-bond acceptors (Lipinski definition) is 9. The molecule has 0 aliphatic carbocycles. The van der Waals surface area contributed by atoms with Gasteiger partial charge in [0.2, 0.25) is 18.4 Å². The molecule has 0 atom stereocenters. The van der Waals surface area contributed by atoms with Gasteiger partial charge in [0.05, 0.1) is 16.0 Å². The minimum atomic E-state index is -0.404. The van der Waals surface area contributed by atoms with E-state index < -0.39 is 4.92 Å². The molecule has 6 rings (SSSR count). The molecule has 1 fully saturated rings. The molecule has 1 saturated heterocycles. The summed E-state index contributed by atoms with van der Waals surface area (Å²) in [7, 11) is 0. The molecule has 2 aromatic carbocycles. The van der Waals surface area contributed by atoms with E-state index >= 15 is 0 Å². The van der Waals surface area contributed by atoms with E-state index in [0.717, 1.165) is 47.7 Å². The lowest BCUT2D eigenvalue weighted by Crippen LogP contribution is -2.46. The van der Waals surface area contributed by atoms with E-state index in [4.69, 9.17) is 9.47 Å². The van der Waals surface area contributed by atoms with Gasteiger partial charge in [-0.2, -0.15) is 0 Å². The highest BCUT2D eigenvalue weighted by molar-refractivity contribution is 5.79. The first-order valence-electron chi connectivity index (χ1n) is 10.9. The fraction of sp³-hybridized carbons (Fsp3) is 0.261. The predicted octanol–water partition coefficient (Wildman–Crippen LogP) is 2.77. The van der Waals surface area contributed by atoms with E-state index in [1.54, 1.807) is 10.9 Å². The molecule has 0 amide bonds. The number of imidazole rings is 1. The van der Waals surface area contributed by atoms with Crippen molar-refractivity contribution in [3.8, 4) is 17.3 Å². The lowest BCUT2D eigenvalue weighted by molar-refractivity contribution is -0.384. The number of anilines is 1. The molecule has 0 spiro atoms. The van der Waals surface area contributed by atoms with Gasteiger partial charge in [0.1, 0.15) is 12.7 Å². The van der Waals surface area contributed by atoms with Crippen molar-refractivity contribution in [3.05, 3.63) is 70.8 Å². The second-order valence-electron chi connectivity index (χ2n) is 8.18. The van der Waals surface area contributed by atoms with Gasteiger partial charge in [-0.1, -0.05) is 18.2 Å². The third-order valence-electron chi connectivity index (χ3n) is 6.16. The third kappa shape index (κ3) is 3.55. The molecule has 4 aromatic rings. The number of rotatable bonds is 5. The lowest BCUT2D eigenvalue weighted by Gasteiger charge is -2.35. The van der Waals surface area contributed by atoms with Crippen LogP contribution in [-0.4, -0.2) is 62.3 Å². The van der Waals surface area contributed by atoms with Gasteiger partial charge in [-0.15, -0.1) is 0 Å². The SMILES string of the molecule is O=[N+]([O-])c1c(N2CCN(Cc3ccc4c(c3)OCO4)CC2)ncnc1-n1cnc2ccccc21. The van der Waals surface area contributed by atoms with Gasteiger partial charge in [-0.05, 0) is 29.8 Å². The molecule has 34 heavy (non-hydrogen) atoms. The smallest absolute Gasteiger partial charge is 0.354 e. The van der Waals surface area contributed by atoms with Crippen LogP contribution in [0.5, 0.6) is 11.5 Å². The van der Waals surface area contributed by atoms with Crippen molar-refractivity contribution in [2.45, 2.75) is 6.54 Å². The highest BCUT2D eigenvalue weighted by Crippen LogP contribution is 2.34. The number of ether oxygens (including phenoxy) is 2. The molecule has 0 N–H and O–H groups in total. The third-order valence-corrected chi connectivity index (χ3v) is 6.16. The lowest BCUT2D eigenvalue weighted by atomic mass is 10.1. The quantitative estimate of drug-likeness (QED) is 0.328. The molecule has 11 heteroatoms. The van der Waals surface area contributed by atoms with Gasteiger partial charge in [0, 0.05) is 32.7 Å². The highest BCUT2D eigenvalue weighted by Gasteiger charge is 2.30. The Labute approximate surface area is 194 Å². The van der Waals surface area contributed by atoms with E-state index in [-0.39, 0.29) is 18.3 Å². The molecule has 0 bridgehead atoms. The number of fused-ring (bicyclic) bond motifs is 2. The number of benzene rings is 2. The first kappa shape index (κ1) is 20.4. The second kappa shape index (κ2) is 8.27. The average Bonchev–Trinajstić information content (AvgIpc) is 3.51. The van der Waals surface area contributed by atoms with Crippen LogP contribution in [0.15, 0.2) is 55.1 Å². The molecule has 2 aromatic heterocycles. The van der Waals surface area contributed by atoms with Crippen molar-refractivity contribution in [2.75, 3.05) is 37.9 Å². The molecule has 0 saturated carbocycles. The summed E-state index contributed by atoms with van der Waals surface area (Å²) in [5.74, 6) is 2.08. The molecule has 0 radical (unpaired) electrons. The standard InChI is InChI=1S/C23H21N7O4/c31-30(32)21-22(24-13-25-23(21)29-14-26-17-3-1-2-4-18(17)29)28-9-7-27(8-10-28)12-16-5-6-19-20(11-16)34-15-33-19/h1-6,11,13-14H,7-10,12,15H2. The molecular weight excluding hydrogens is 438 g/mol. The highest BCUT2D eigenvalue weighted by atomic mass is 16.7. The van der Waals surface area contributed by atoms with Crippen molar-refractivity contribution in [2.24, 2.45) is 0 Å². The maximum Gasteiger partial charge on any atom is 0.354 e.